The van der Waals surface area contributed by atoms with E-state index in [9.17, 15) is 4.79 Å². The van der Waals surface area contributed by atoms with Gasteiger partial charge >= 0.3 is 0 Å². The molecule has 3 rings (SSSR count). The highest BCUT2D eigenvalue weighted by molar-refractivity contribution is 7.17. The van der Waals surface area contributed by atoms with Gasteiger partial charge in [0.25, 0.3) is 0 Å². The lowest BCUT2D eigenvalue weighted by molar-refractivity contribution is -0.129. The Morgan fingerprint density at radius 1 is 1.41 bits per heavy atom. The number of imidazole rings is 1. The zero-order valence-corrected chi connectivity index (χ0v) is 11.1. The number of fused-ring (bicyclic) bond motifs is 3. The lowest BCUT2D eigenvalue weighted by Gasteiger charge is -2.25. The fourth-order valence-electron chi connectivity index (χ4n) is 2.39. The Morgan fingerprint density at radius 2 is 2.18 bits per heavy atom. The van der Waals surface area contributed by atoms with Gasteiger partial charge in [-0.1, -0.05) is 0 Å². The molecule has 5 heteroatoms. The summed E-state index contributed by atoms with van der Waals surface area (Å²) in [4.78, 5) is 20.4. The number of nitrogens with zero attached hydrogens (tertiary/aromatic N) is 3. The molecule has 0 unspecified atom stereocenters. The zero-order chi connectivity index (χ0) is 12.2. The number of aryl methyl sites for hydroxylation is 2. The summed E-state index contributed by atoms with van der Waals surface area (Å²) in [6.45, 7) is 7.36. The Hall–Kier alpha value is -1.36. The summed E-state index contributed by atoms with van der Waals surface area (Å²) in [5.41, 5.74) is 3.62. The van der Waals surface area contributed by atoms with Gasteiger partial charge in [0.1, 0.15) is 0 Å². The SMILES string of the molecule is CC(=O)N1CCc2nc3sc(C)c(C)n3c2C1. The average Bonchev–Trinajstić information content (AvgIpc) is 2.76. The molecule has 0 radical (unpaired) electrons. The lowest BCUT2D eigenvalue weighted by atomic mass is 10.1. The third kappa shape index (κ3) is 1.49. The second-order valence-electron chi connectivity index (χ2n) is 4.56. The van der Waals surface area contributed by atoms with Crippen molar-refractivity contribution in [3.8, 4) is 0 Å². The minimum atomic E-state index is 0.148. The Bertz CT molecular complexity index is 611. The van der Waals surface area contributed by atoms with Crippen LogP contribution in [0.4, 0.5) is 0 Å². The molecule has 0 bridgehead atoms. The van der Waals surface area contributed by atoms with E-state index in [2.05, 4.69) is 23.2 Å². The second-order valence-corrected chi connectivity index (χ2v) is 5.74. The van der Waals surface area contributed by atoms with Crippen molar-refractivity contribution in [1.29, 1.82) is 0 Å². The van der Waals surface area contributed by atoms with Crippen molar-refractivity contribution in [3.05, 3.63) is 22.0 Å². The molecule has 4 nitrogen and oxygen atoms in total. The summed E-state index contributed by atoms with van der Waals surface area (Å²) in [5.74, 6) is 0.148. The molecule has 0 saturated carbocycles. The van der Waals surface area contributed by atoms with Crippen molar-refractivity contribution >= 4 is 22.2 Å². The fourth-order valence-corrected chi connectivity index (χ4v) is 3.40. The molecule has 0 N–H and O–H groups in total. The monoisotopic (exact) mass is 249 g/mol. The van der Waals surface area contributed by atoms with Crippen LogP contribution in [-0.2, 0) is 17.8 Å². The van der Waals surface area contributed by atoms with Crippen LogP contribution in [-0.4, -0.2) is 26.7 Å². The number of aromatic nitrogens is 2. The number of hydrogen-bond donors (Lipinski definition) is 0. The van der Waals surface area contributed by atoms with Gasteiger partial charge in [-0.15, -0.1) is 11.3 Å². The maximum atomic E-state index is 11.5. The minimum Gasteiger partial charge on any atom is -0.337 e. The molecule has 17 heavy (non-hydrogen) atoms. The Balaban J connectivity index is 2.16. The smallest absolute Gasteiger partial charge is 0.219 e. The van der Waals surface area contributed by atoms with E-state index in [4.69, 9.17) is 0 Å². The molecular formula is C12H15N3OS. The maximum Gasteiger partial charge on any atom is 0.219 e. The summed E-state index contributed by atoms with van der Waals surface area (Å²) >= 11 is 1.73. The predicted molar refractivity (Wildman–Crippen MR) is 67.3 cm³/mol. The molecule has 90 valence electrons. The number of carbonyl (C=O) groups is 1. The Kier molecular flexibility index (Phi) is 2.26. The van der Waals surface area contributed by atoms with Crippen LogP contribution < -0.4 is 0 Å². The zero-order valence-electron chi connectivity index (χ0n) is 10.3. The summed E-state index contributed by atoms with van der Waals surface area (Å²) in [5, 5.41) is 0. The van der Waals surface area contributed by atoms with E-state index in [-0.39, 0.29) is 5.91 Å². The summed E-state index contributed by atoms with van der Waals surface area (Å²) in [7, 11) is 0. The third-order valence-electron chi connectivity index (χ3n) is 3.52. The van der Waals surface area contributed by atoms with Gasteiger partial charge in [-0.3, -0.25) is 9.20 Å². The summed E-state index contributed by atoms with van der Waals surface area (Å²) in [6, 6.07) is 0. The van der Waals surface area contributed by atoms with Crippen molar-refractivity contribution in [2.75, 3.05) is 6.54 Å². The molecule has 0 saturated heterocycles. The number of carbonyl (C=O) groups excluding carboxylic acids is 1. The van der Waals surface area contributed by atoms with E-state index >= 15 is 0 Å². The lowest BCUT2D eigenvalue weighted by Crippen LogP contribution is -2.34. The van der Waals surface area contributed by atoms with E-state index in [1.165, 1.54) is 16.3 Å². The predicted octanol–water partition coefficient (Wildman–Crippen LogP) is 1.92. The quantitative estimate of drug-likeness (QED) is 0.715. The molecule has 2 aromatic rings. The first-order chi connectivity index (χ1) is 8.08. The summed E-state index contributed by atoms with van der Waals surface area (Å²) in [6.07, 6.45) is 0.877. The van der Waals surface area contributed by atoms with E-state index < -0.39 is 0 Å². The number of amides is 1. The Morgan fingerprint density at radius 3 is 2.88 bits per heavy atom. The van der Waals surface area contributed by atoms with E-state index in [0.717, 1.165) is 23.6 Å². The van der Waals surface area contributed by atoms with Crippen LogP contribution in [0.1, 0.15) is 28.9 Å². The molecule has 0 atom stereocenters. The van der Waals surface area contributed by atoms with Crippen molar-refractivity contribution in [2.45, 2.75) is 33.7 Å². The summed E-state index contributed by atoms with van der Waals surface area (Å²) < 4.78 is 2.21. The second kappa shape index (κ2) is 3.57. The normalized spacial score (nSPS) is 15.4. The molecule has 0 spiro atoms. The largest absolute Gasteiger partial charge is 0.337 e. The molecular weight excluding hydrogens is 234 g/mol. The number of rotatable bonds is 0. The molecule has 3 heterocycles. The first-order valence-electron chi connectivity index (χ1n) is 5.79. The van der Waals surface area contributed by atoms with Crippen molar-refractivity contribution in [2.24, 2.45) is 0 Å². The highest BCUT2D eigenvalue weighted by Crippen LogP contribution is 2.28. The average molecular weight is 249 g/mol. The van der Waals surface area contributed by atoms with Crippen molar-refractivity contribution in [1.82, 2.24) is 14.3 Å². The standard InChI is InChI=1S/C12H15N3OS/c1-7-8(2)17-12-13-10-4-5-14(9(3)16)6-11(10)15(7)12/h4-6H2,1-3H3. The van der Waals surface area contributed by atoms with Crippen molar-refractivity contribution < 1.29 is 4.79 Å². The van der Waals surface area contributed by atoms with Crippen LogP contribution >= 0.6 is 11.3 Å². The van der Waals surface area contributed by atoms with Crippen LogP contribution in [0.5, 0.6) is 0 Å². The Labute approximate surface area is 104 Å². The highest BCUT2D eigenvalue weighted by atomic mass is 32.1. The highest BCUT2D eigenvalue weighted by Gasteiger charge is 2.24. The van der Waals surface area contributed by atoms with Crippen LogP contribution in [0.2, 0.25) is 0 Å². The van der Waals surface area contributed by atoms with Gasteiger partial charge in [0.2, 0.25) is 5.91 Å². The van der Waals surface area contributed by atoms with E-state index in [1.54, 1.807) is 18.3 Å². The topological polar surface area (TPSA) is 37.6 Å². The van der Waals surface area contributed by atoms with Gasteiger partial charge in [-0.2, -0.15) is 0 Å². The molecule has 0 fully saturated rings. The van der Waals surface area contributed by atoms with Crippen LogP contribution in [0, 0.1) is 13.8 Å². The molecule has 1 aliphatic rings. The van der Waals surface area contributed by atoms with Crippen LogP contribution in [0.15, 0.2) is 0 Å². The third-order valence-corrected chi connectivity index (χ3v) is 4.58. The van der Waals surface area contributed by atoms with Crippen LogP contribution in [0.25, 0.3) is 4.96 Å². The molecule has 0 aliphatic carbocycles. The van der Waals surface area contributed by atoms with E-state index in [1.807, 2.05) is 4.90 Å². The first-order valence-corrected chi connectivity index (χ1v) is 6.61. The van der Waals surface area contributed by atoms with Crippen LogP contribution in [0.3, 0.4) is 0 Å². The molecule has 1 aliphatic heterocycles. The first kappa shape index (κ1) is 10.8. The fraction of sp³-hybridized carbons (Fsp3) is 0.500. The molecule has 1 amide bonds. The number of hydrogen-bond acceptors (Lipinski definition) is 3. The maximum absolute atomic E-state index is 11.5. The van der Waals surface area contributed by atoms with Gasteiger partial charge < -0.3 is 4.90 Å². The van der Waals surface area contributed by atoms with Gasteiger partial charge in [0, 0.05) is 30.5 Å². The number of thiazole rings is 1. The minimum absolute atomic E-state index is 0.148. The van der Waals surface area contributed by atoms with Crippen molar-refractivity contribution in [3.63, 3.8) is 0 Å². The van der Waals surface area contributed by atoms with Gasteiger partial charge in [0.15, 0.2) is 4.96 Å². The molecule has 2 aromatic heterocycles. The van der Waals surface area contributed by atoms with Gasteiger partial charge in [-0.05, 0) is 13.8 Å². The molecule has 0 aromatic carbocycles. The van der Waals surface area contributed by atoms with Gasteiger partial charge in [-0.25, -0.2) is 4.98 Å². The van der Waals surface area contributed by atoms with Gasteiger partial charge in [0.05, 0.1) is 17.9 Å². The van der Waals surface area contributed by atoms with E-state index in [0.29, 0.717) is 6.54 Å².